The van der Waals surface area contributed by atoms with Gasteiger partial charge in [-0.05, 0) is 51.0 Å². The monoisotopic (exact) mass is 369 g/mol. The average molecular weight is 369 g/mol. The molecule has 0 radical (unpaired) electrons. The number of ether oxygens (including phenoxy) is 3. The Labute approximate surface area is 158 Å². The minimum absolute atomic E-state index is 0.269. The van der Waals surface area contributed by atoms with E-state index in [0.717, 1.165) is 30.7 Å². The second-order valence-corrected chi connectivity index (χ2v) is 7.10. The van der Waals surface area contributed by atoms with E-state index in [1.165, 1.54) is 0 Å². The molecule has 142 valence electrons. The van der Waals surface area contributed by atoms with Crippen molar-refractivity contribution >= 4 is 11.8 Å². The fourth-order valence-electron chi connectivity index (χ4n) is 3.51. The molecule has 0 bridgehead atoms. The van der Waals surface area contributed by atoms with Crippen LogP contribution < -0.4 is 9.47 Å². The van der Waals surface area contributed by atoms with Crippen LogP contribution in [0.5, 0.6) is 11.5 Å². The van der Waals surface area contributed by atoms with E-state index in [0.29, 0.717) is 41.9 Å². The number of aryl methyl sites for hydroxylation is 1. The van der Waals surface area contributed by atoms with Crippen molar-refractivity contribution in [1.82, 2.24) is 4.57 Å². The molecule has 0 atom stereocenters. The van der Waals surface area contributed by atoms with Crippen LogP contribution in [-0.4, -0.2) is 36.1 Å². The zero-order valence-electron chi connectivity index (χ0n) is 15.6. The molecule has 1 aromatic heterocycles. The lowest BCUT2D eigenvalue weighted by Crippen LogP contribution is -2.15. The lowest BCUT2D eigenvalue weighted by molar-refractivity contribution is 0.0474. The van der Waals surface area contributed by atoms with Crippen LogP contribution in [0.1, 0.15) is 57.4 Å². The van der Waals surface area contributed by atoms with Crippen LogP contribution in [0, 0.1) is 13.8 Å². The van der Waals surface area contributed by atoms with E-state index >= 15 is 0 Å². The third-order valence-electron chi connectivity index (χ3n) is 5.02. The van der Waals surface area contributed by atoms with Crippen molar-refractivity contribution in [3.05, 3.63) is 46.8 Å². The van der Waals surface area contributed by atoms with Crippen molar-refractivity contribution < 1.29 is 23.8 Å². The van der Waals surface area contributed by atoms with Crippen LogP contribution >= 0.6 is 0 Å². The smallest absolute Gasteiger partial charge is 0.340 e. The van der Waals surface area contributed by atoms with Gasteiger partial charge in [0.15, 0.2) is 23.9 Å². The number of benzene rings is 1. The Morgan fingerprint density at radius 2 is 1.85 bits per heavy atom. The van der Waals surface area contributed by atoms with Crippen LogP contribution in [0.15, 0.2) is 24.3 Å². The van der Waals surface area contributed by atoms with Gasteiger partial charge in [-0.1, -0.05) is 0 Å². The lowest BCUT2D eigenvalue weighted by atomic mass is 10.1. The Morgan fingerprint density at radius 3 is 2.59 bits per heavy atom. The number of hydrogen-bond donors (Lipinski definition) is 0. The zero-order chi connectivity index (χ0) is 19.0. The standard InChI is InChI=1S/C21H23NO5/c1-13-10-17(14(2)22(13)16-5-6-16)21(24)27-12-18(23)15-4-7-19-20(11-15)26-9-3-8-25-19/h4,7,10-11,16H,3,5-6,8-9,12H2,1-2H3. The summed E-state index contributed by atoms with van der Waals surface area (Å²) in [7, 11) is 0. The summed E-state index contributed by atoms with van der Waals surface area (Å²) in [5, 5.41) is 0. The highest BCUT2D eigenvalue weighted by molar-refractivity contribution is 6.00. The first-order valence-corrected chi connectivity index (χ1v) is 9.33. The minimum Gasteiger partial charge on any atom is -0.490 e. The summed E-state index contributed by atoms with van der Waals surface area (Å²) >= 11 is 0. The highest BCUT2D eigenvalue weighted by Gasteiger charge is 2.29. The molecule has 2 aromatic rings. The fourth-order valence-corrected chi connectivity index (χ4v) is 3.51. The number of carbonyl (C=O) groups is 2. The molecule has 0 spiro atoms. The molecule has 1 saturated carbocycles. The molecule has 4 rings (SSSR count). The van der Waals surface area contributed by atoms with Gasteiger partial charge in [-0.25, -0.2) is 4.79 Å². The molecular formula is C21H23NO5. The second-order valence-electron chi connectivity index (χ2n) is 7.10. The van der Waals surface area contributed by atoms with Crippen molar-refractivity contribution in [3.63, 3.8) is 0 Å². The van der Waals surface area contributed by atoms with Crippen LogP contribution in [0.25, 0.3) is 0 Å². The van der Waals surface area contributed by atoms with Crippen molar-refractivity contribution in [3.8, 4) is 11.5 Å². The summed E-state index contributed by atoms with van der Waals surface area (Å²) < 4.78 is 18.6. The molecule has 1 fully saturated rings. The van der Waals surface area contributed by atoms with Gasteiger partial charge in [0.1, 0.15) is 0 Å². The molecule has 1 aromatic carbocycles. The SMILES string of the molecule is Cc1cc(C(=O)OCC(=O)c2ccc3c(c2)OCCCO3)c(C)n1C1CC1. The molecule has 27 heavy (non-hydrogen) atoms. The van der Waals surface area contributed by atoms with Gasteiger partial charge in [-0.15, -0.1) is 0 Å². The second kappa shape index (κ2) is 7.10. The molecule has 0 unspecified atom stereocenters. The van der Waals surface area contributed by atoms with Crippen molar-refractivity contribution in [1.29, 1.82) is 0 Å². The van der Waals surface area contributed by atoms with E-state index in [1.54, 1.807) is 18.2 Å². The molecule has 6 heteroatoms. The van der Waals surface area contributed by atoms with Gasteiger partial charge in [-0.3, -0.25) is 4.79 Å². The van der Waals surface area contributed by atoms with E-state index in [9.17, 15) is 9.59 Å². The van der Waals surface area contributed by atoms with Crippen molar-refractivity contribution in [2.45, 2.75) is 39.2 Å². The molecule has 1 aliphatic heterocycles. The number of ketones is 1. The molecule has 2 aliphatic rings. The normalized spacial score (nSPS) is 15.9. The highest BCUT2D eigenvalue weighted by Crippen LogP contribution is 2.38. The van der Waals surface area contributed by atoms with Gasteiger partial charge in [0.2, 0.25) is 0 Å². The van der Waals surface area contributed by atoms with Crippen LogP contribution in [0.3, 0.4) is 0 Å². The molecule has 2 heterocycles. The molecule has 0 N–H and O–H groups in total. The van der Waals surface area contributed by atoms with Crippen LogP contribution in [-0.2, 0) is 4.74 Å². The fraction of sp³-hybridized carbons (Fsp3) is 0.429. The third kappa shape index (κ3) is 3.56. The number of carbonyl (C=O) groups excluding carboxylic acids is 2. The van der Waals surface area contributed by atoms with E-state index in [2.05, 4.69) is 4.57 Å². The largest absolute Gasteiger partial charge is 0.490 e. The highest BCUT2D eigenvalue weighted by atomic mass is 16.5. The molecule has 6 nitrogen and oxygen atoms in total. The Hall–Kier alpha value is -2.76. The molecule has 1 aliphatic carbocycles. The first-order chi connectivity index (χ1) is 13.0. The van der Waals surface area contributed by atoms with Gasteiger partial charge < -0.3 is 18.8 Å². The molecule has 0 saturated heterocycles. The van der Waals surface area contributed by atoms with Crippen LogP contribution in [0.4, 0.5) is 0 Å². The molecule has 0 amide bonds. The average Bonchev–Trinajstić information content (AvgIpc) is 3.47. The number of nitrogens with zero attached hydrogens (tertiary/aromatic N) is 1. The van der Waals surface area contributed by atoms with Gasteiger partial charge >= 0.3 is 5.97 Å². The summed E-state index contributed by atoms with van der Waals surface area (Å²) in [6.45, 7) is 4.76. The number of aromatic nitrogens is 1. The van der Waals surface area contributed by atoms with E-state index in [1.807, 2.05) is 19.9 Å². The topological polar surface area (TPSA) is 66.8 Å². The first kappa shape index (κ1) is 17.6. The quantitative estimate of drug-likeness (QED) is 0.595. The predicted octanol–water partition coefficient (Wildman–Crippen LogP) is 3.64. The summed E-state index contributed by atoms with van der Waals surface area (Å²) in [5.74, 6) is 0.457. The van der Waals surface area contributed by atoms with Gasteiger partial charge in [0, 0.05) is 29.4 Å². The Bertz CT molecular complexity index is 894. The lowest BCUT2D eigenvalue weighted by Gasteiger charge is -2.10. The Morgan fingerprint density at radius 1 is 1.11 bits per heavy atom. The third-order valence-corrected chi connectivity index (χ3v) is 5.02. The summed E-state index contributed by atoms with van der Waals surface area (Å²) in [6, 6.07) is 7.38. The van der Waals surface area contributed by atoms with Gasteiger partial charge in [-0.2, -0.15) is 0 Å². The number of esters is 1. The maximum Gasteiger partial charge on any atom is 0.340 e. The maximum absolute atomic E-state index is 12.5. The Balaban J connectivity index is 1.43. The van der Waals surface area contributed by atoms with E-state index in [4.69, 9.17) is 14.2 Å². The predicted molar refractivity (Wildman–Crippen MR) is 98.8 cm³/mol. The summed E-state index contributed by atoms with van der Waals surface area (Å²) in [6.07, 6.45) is 3.09. The zero-order valence-corrected chi connectivity index (χ0v) is 15.6. The number of hydrogen-bond acceptors (Lipinski definition) is 5. The number of Topliss-reactive ketones (excluding diaryl/α,β-unsaturated/α-hetero) is 1. The van der Waals surface area contributed by atoms with E-state index < -0.39 is 5.97 Å². The number of rotatable bonds is 5. The van der Waals surface area contributed by atoms with Crippen molar-refractivity contribution in [2.24, 2.45) is 0 Å². The van der Waals surface area contributed by atoms with Gasteiger partial charge in [0.25, 0.3) is 0 Å². The first-order valence-electron chi connectivity index (χ1n) is 9.33. The van der Waals surface area contributed by atoms with E-state index in [-0.39, 0.29) is 12.4 Å². The minimum atomic E-state index is -0.460. The number of fused-ring (bicyclic) bond motifs is 1. The van der Waals surface area contributed by atoms with Crippen molar-refractivity contribution in [2.75, 3.05) is 19.8 Å². The van der Waals surface area contributed by atoms with Crippen LogP contribution in [0.2, 0.25) is 0 Å². The summed E-state index contributed by atoms with van der Waals surface area (Å²) in [4.78, 5) is 24.9. The summed E-state index contributed by atoms with van der Waals surface area (Å²) in [5.41, 5.74) is 2.93. The maximum atomic E-state index is 12.5. The van der Waals surface area contributed by atoms with Gasteiger partial charge in [0.05, 0.1) is 18.8 Å². The Kier molecular flexibility index (Phi) is 4.64. The molecular weight excluding hydrogens is 346 g/mol.